The SMILES string of the molecule is CCOC(=O)C(Cc1ccccc1)NCOC(COc1ccccc1)Cn1c(=O)[nH]c2c(N)nc(OCCOC)nc21. The van der Waals surface area contributed by atoms with Crippen molar-refractivity contribution >= 4 is 23.0 Å². The number of rotatable bonds is 17. The molecular weight excluding hydrogens is 544 g/mol. The van der Waals surface area contributed by atoms with Crippen LogP contribution < -0.4 is 26.2 Å². The first-order valence-electron chi connectivity index (χ1n) is 13.6. The summed E-state index contributed by atoms with van der Waals surface area (Å²) < 4.78 is 29.3. The van der Waals surface area contributed by atoms with Crippen molar-refractivity contribution in [3.05, 3.63) is 76.7 Å². The lowest BCUT2D eigenvalue weighted by atomic mass is 10.1. The minimum Gasteiger partial charge on any atom is -0.491 e. The van der Waals surface area contributed by atoms with Crippen LogP contribution in [-0.2, 0) is 32.0 Å². The number of nitrogens with zero attached hydrogens (tertiary/aromatic N) is 3. The van der Waals surface area contributed by atoms with Gasteiger partial charge in [-0.2, -0.15) is 9.97 Å². The zero-order valence-electron chi connectivity index (χ0n) is 23.7. The first-order chi connectivity index (χ1) is 20.5. The van der Waals surface area contributed by atoms with Crippen molar-refractivity contribution in [3.63, 3.8) is 0 Å². The number of imidazole rings is 1. The second-order valence-electron chi connectivity index (χ2n) is 9.23. The molecule has 0 aliphatic heterocycles. The van der Waals surface area contributed by atoms with Gasteiger partial charge in [0, 0.05) is 7.11 Å². The number of aromatic amines is 1. The first-order valence-corrected chi connectivity index (χ1v) is 13.6. The third-order valence-electron chi connectivity index (χ3n) is 6.22. The molecule has 4 aromatic rings. The van der Waals surface area contributed by atoms with Crippen molar-refractivity contribution in [2.45, 2.75) is 32.0 Å². The maximum Gasteiger partial charge on any atom is 0.327 e. The zero-order chi connectivity index (χ0) is 29.7. The Bertz CT molecular complexity index is 1460. The van der Waals surface area contributed by atoms with E-state index in [4.69, 9.17) is 29.4 Å². The Kier molecular flexibility index (Phi) is 11.3. The molecule has 13 heteroatoms. The number of nitrogens with two attached hydrogens (primary N) is 1. The van der Waals surface area contributed by atoms with Crippen LogP contribution >= 0.6 is 0 Å². The van der Waals surface area contributed by atoms with Crippen molar-refractivity contribution in [3.8, 4) is 11.8 Å². The summed E-state index contributed by atoms with van der Waals surface area (Å²) in [4.78, 5) is 36.9. The minimum absolute atomic E-state index is 0.0151. The third kappa shape index (κ3) is 8.52. The molecule has 2 unspecified atom stereocenters. The fraction of sp³-hybridized carbons (Fsp3) is 0.379. The van der Waals surface area contributed by atoms with Crippen molar-refractivity contribution in [2.24, 2.45) is 0 Å². The number of benzene rings is 2. The summed E-state index contributed by atoms with van der Waals surface area (Å²) >= 11 is 0. The molecule has 0 spiro atoms. The molecule has 0 bridgehead atoms. The minimum atomic E-state index is -0.641. The largest absolute Gasteiger partial charge is 0.491 e. The van der Waals surface area contributed by atoms with E-state index in [0.29, 0.717) is 18.8 Å². The number of nitrogen functional groups attached to an aromatic ring is 1. The highest BCUT2D eigenvalue weighted by atomic mass is 16.5. The number of anilines is 1. The second kappa shape index (κ2) is 15.5. The fourth-order valence-corrected chi connectivity index (χ4v) is 4.14. The smallest absolute Gasteiger partial charge is 0.327 e. The van der Waals surface area contributed by atoms with Gasteiger partial charge in [0.15, 0.2) is 11.5 Å². The van der Waals surface area contributed by atoms with Crippen molar-refractivity contribution in [1.82, 2.24) is 24.8 Å². The molecule has 2 heterocycles. The Morgan fingerprint density at radius 3 is 2.50 bits per heavy atom. The fourth-order valence-electron chi connectivity index (χ4n) is 4.14. The van der Waals surface area contributed by atoms with Gasteiger partial charge >= 0.3 is 17.7 Å². The van der Waals surface area contributed by atoms with Crippen LogP contribution in [0.4, 0.5) is 5.82 Å². The van der Waals surface area contributed by atoms with E-state index in [0.717, 1.165) is 5.56 Å². The van der Waals surface area contributed by atoms with Crippen LogP contribution in [0.5, 0.6) is 11.8 Å². The molecule has 2 atom stereocenters. The molecule has 0 radical (unpaired) electrons. The van der Waals surface area contributed by atoms with Gasteiger partial charge in [0.2, 0.25) is 0 Å². The summed E-state index contributed by atoms with van der Waals surface area (Å²) in [5.41, 5.74) is 7.15. The summed E-state index contributed by atoms with van der Waals surface area (Å²) in [6.07, 6.45) is -0.221. The Morgan fingerprint density at radius 1 is 1.05 bits per heavy atom. The van der Waals surface area contributed by atoms with Gasteiger partial charge in [0.05, 0.1) is 26.5 Å². The van der Waals surface area contributed by atoms with Gasteiger partial charge in [-0.3, -0.25) is 14.7 Å². The van der Waals surface area contributed by atoms with Gasteiger partial charge in [-0.1, -0.05) is 48.5 Å². The molecule has 4 N–H and O–H groups in total. The lowest BCUT2D eigenvalue weighted by molar-refractivity contribution is -0.146. The molecule has 0 amide bonds. The van der Waals surface area contributed by atoms with E-state index in [1.165, 1.54) is 4.57 Å². The number of hydrogen-bond donors (Lipinski definition) is 3. The number of carbonyl (C=O) groups is 1. The first kappa shape index (κ1) is 30.5. The van der Waals surface area contributed by atoms with Crippen molar-refractivity contribution in [2.75, 3.05) is 46.0 Å². The van der Waals surface area contributed by atoms with Crippen LogP contribution in [0.3, 0.4) is 0 Å². The molecule has 13 nitrogen and oxygen atoms in total. The number of fused-ring (bicyclic) bond motifs is 1. The Morgan fingerprint density at radius 2 is 1.79 bits per heavy atom. The predicted molar refractivity (Wildman–Crippen MR) is 155 cm³/mol. The van der Waals surface area contributed by atoms with Crippen LogP contribution in [-0.4, -0.2) is 77.9 Å². The van der Waals surface area contributed by atoms with Gasteiger partial charge in [-0.05, 0) is 31.0 Å². The van der Waals surface area contributed by atoms with Crippen LogP contribution in [0.25, 0.3) is 11.2 Å². The number of carbonyl (C=O) groups excluding carboxylic acids is 1. The van der Waals surface area contributed by atoms with Crippen molar-refractivity contribution < 1.29 is 28.5 Å². The maximum absolute atomic E-state index is 13.0. The lowest BCUT2D eigenvalue weighted by Crippen LogP contribution is -2.43. The normalized spacial score (nSPS) is 12.6. The Balaban J connectivity index is 1.52. The summed E-state index contributed by atoms with van der Waals surface area (Å²) in [6, 6.07) is 18.2. The van der Waals surface area contributed by atoms with E-state index in [1.807, 2.05) is 60.7 Å². The summed E-state index contributed by atoms with van der Waals surface area (Å²) in [5, 5.41) is 3.13. The topological polar surface area (TPSA) is 165 Å². The predicted octanol–water partition coefficient (Wildman–Crippen LogP) is 1.91. The Labute approximate surface area is 242 Å². The van der Waals surface area contributed by atoms with E-state index in [2.05, 4.69) is 20.3 Å². The molecule has 0 saturated heterocycles. The molecule has 224 valence electrons. The summed E-state index contributed by atoms with van der Waals surface area (Å²) in [5.74, 6) is 0.323. The lowest BCUT2D eigenvalue weighted by Gasteiger charge is -2.22. The van der Waals surface area contributed by atoms with E-state index in [-0.39, 0.29) is 62.1 Å². The van der Waals surface area contributed by atoms with Gasteiger partial charge in [-0.25, -0.2) is 4.79 Å². The number of H-pyrrole nitrogens is 1. The quantitative estimate of drug-likeness (QED) is 0.0949. The van der Waals surface area contributed by atoms with E-state index in [1.54, 1.807) is 14.0 Å². The van der Waals surface area contributed by atoms with Gasteiger partial charge in [0.25, 0.3) is 0 Å². The van der Waals surface area contributed by atoms with Crippen LogP contribution in [0.15, 0.2) is 65.5 Å². The highest BCUT2D eigenvalue weighted by Gasteiger charge is 2.23. The molecule has 0 aliphatic carbocycles. The van der Waals surface area contributed by atoms with Crippen LogP contribution in [0, 0.1) is 0 Å². The summed E-state index contributed by atoms with van der Waals surface area (Å²) in [6.45, 7) is 2.70. The highest BCUT2D eigenvalue weighted by Crippen LogP contribution is 2.19. The molecular formula is C29H36N6O7. The number of para-hydroxylation sites is 1. The highest BCUT2D eigenvalue weighted by molar-refractivity contribution is 5.81. The zero-order valence-corrected chi connectivity index (χ0v) is 23.7. The van der Waals surface area contributed by atoms with Crippen LogP contribution in [0.1, 0.15) is 12.5 Å². The molecule has 0 aliphatic rings. The average molecular weight is 581 g/mol. The molecule has 0 fully saturated rings. The molecule has 2 aromatic carbocycles. The summed E-state index contributed by atoms with van der Waals surface area (Å²) in [7, 11) is 1.55. The number of methoxy groups -OCH3 is 1. The standard InChI is InChI=1S/C29H36N6O7/c1-3-39-27(36)23(16-20-10-6-4-7-11-20)31-19-42-22(18-41-21-12-8-5-9-13-21)17-35-26-24(32-29(35)37)25(30)33-28(34-26)40-15-14-38-2/h4-13,22-23,31H,3,14-19H2,1-2H3,(H,32,37)(H2,30,33,34). The molecule has 42 heavy (non-hydrogen) atoms. The van der Waals surface area contributed by atoms with Crippen LogP contribution in [0.2, 0.25) is 0 Å². The molecule has 2 aromatic heterocycles. The molecule has 4 rings (SSSR count). The monoisotopic (exact) mass is 580 g/mol. The number of ether oxygens (including phenoxy) is 5. The average Bonchev–Trinajstić information content (AvgIpc) is 3.31. The van der Waals surface area contributed by atoms with Gasteiger partial charge in [-0.15, -0.1) is 0 Å². The maximum atomic E-state index is 13.0. The van der Waals surface area contributed by atoms with E-state index >= 15 is 0 Å². The van der Waals surface area contributed by atoms with E-state index < -0.39 is 17.8 Å². The second-order valence-corrected chi connectivity index (χ2v) is 9.23. The third-order valence-corrected chi connectivity index (χ3v) is 6.22. The van der Waals surface area contributed by atoms with E-state index in [9.17, 15) is 9.59 Å². The number of esters is 1. The van der Waals surface area contributed by atoms with Gasteiger partial charge < -0.3 is 34.4 Å². The Hall–Kier alpha value is -4.46. The molecule has 0 saturated carbocycles. The van der Waals surface area contributed by atoms with Crippen molar-refractivity contribution in [1.29, 1.82) is 0 Å². The van der Waals surface area contributed by atoms with Gasteiger partial charge in [0.1, 0.15) is 36.6 Å². The number of nitrogens with one attached hydrogen (secondary N) is 2. The number of hydrogen-bond acceptors (Lipinski definition) is 11. The number of aromatic nitrogens is 4.